The molecule has 0 radical (unpaired) electrons. The summed E-state index contributed by atoms with van der Waals surface area (Å²) in [5, 5.41) is 10.6. The average Bonchev–Trinajstić information content (AvgIpc) is 3.11. The molecule has 2 heterocycles. The molecule has 128 valence electrons. The summed E-state index contributed by atoms with van der Waals surface area (Å²) in [7, 11) is 0. The molecule has 0 bridgehead atoms. The van der Waals surface area contributed by atoms with Gasteiger partial charge in [-0.05, 0) is 53.0 Å². The van der Waals surface area contributed by atoms with Crippen LogP contribution in [0.2, 0.25) is 0 Å². The summed E-state index contributed by atoms with van der Waals surface area (Å²) >= 11 is 1.58. The fourth-order valence-corrected chi connectivity index (χ4v) is 3.70. The minimum absolute atomic E-state index is 0.0398. The number of aryl methyl sites for hydroxylation is 1. The molecule has 2 aromatic heterocycles. The highest BCUT2D eigenvalue weighted by Gasteiger charge is 2.28. The minimum atomic E-state index is -0.0815. The highest BCUT2D eigenvalue weighted by Crippen LogP contribution is 2.32. The molecule has 0 saturated carbocycles. The maximum atomic E-state index is 12.3. The third-order valence-electron chi connectivity index (χ3n) is 4.18. The van der Waals surface area contributed by atoms with E-state index >= 15 is 0 Å². The summed E-state index contributed by atoms with van der Waals surface area (Å²) in [6.07, 6.45) is 8.29. The molecule has 1 amide bonds. The quantitative estimate of drug-likeness (QED) is 0.865. The van der Waals surface area contributed by atoms with E-state index in [1.165, 1.54) is 5.69 Å². The zero-order chi connectivity index (χ0) is 17.3. The molecule has 0 spiro atoms. The van der Waals surface area contributed by atoms with Crippen LogP contribution in [-0.2, 0) is 16.8 Å². The Bertz CT molecular complexity index is 766. The normalized spacial score (nSPS) is 17.9. The summed E-state index contributed by atoms with van der Waals surface area (Å²) in [5.41, 5.74) is 3.19. The lowest BCUT2D eigenvalue weighted by Crippen LogP contribution is -2.31. The van der Waals surface area contributed by atoms with Crippen LogP contribution in [0, 0.1) is 6.92 Å². The van der Waals surface area contributed by atoms with Crippen LogP contribution in [0.5, 0.6) is 0 Å². The number of amides is 1. The molecule has 6 heteroatoms. The summed E-state index contributed by atoms with van der Waals surface area (Å²) in [4.78, 5) is 16.6. The van der Waals surface area contributed by atoms with E-state index in [1.54, 1.807) is 23.5 Å². The number of carbonyl (C=O) groups excluding carboxylic acids is 1. The lowest BCUT2D eigenvalue weighted by atomic mass is 9.92. The smallest absolute Gasteiger partial charge is 0.244 e. The van der Waals surface area contributed by atoms with Crippen LogP contribution < -0.4 is 5.32 Å². The van der Waals surface area contributed by atoms with Gasteiger partial charge in [-0.2, -0.15) is 5.10 Å². The van der Waals surface area contributed by atoms with Crippen LogP contribution in [0.3, 0.4) is 0 Å². The number of fused-ring (bicyclic) bond motifs is 1. The predicted octanol–water partition coefficient (Wildman–Crippen LogP) is 3.61. The van der Waals surface area contributed by atoms with E-state index in [-0.39, 0.29) is 17.5 Å². The number of aromatic nitrogens is 3. The van der Waals surface area contributed by atoms with E-state index in [9.17, 15) is 4.79 Å². The molecule has 1 aliphatic carbocycles. The van der Waals surface area contributed by atoms with Gasteiger partial charge in [-0.25, -0.2) is 4.98 Å². The molecule has 1 N–H and O–H groups in total. The van der Waals surface area contributed by atoms with Gasteiger partial charge in [0.1, 0.15) is 0 Å². The number of carbonyl (C=O) groups is 1. The fraction of sp³-hybridized carbons (Fsp3) is 0.500. The maximum absolute atomic E-state index is 12.3. The van der Waals surface area contributed by atoms with Crippen LogP contribution in [0.1, 0.15) is 61.6 Å². The van der Waals surface area contributed by atoms with Gasteiger partial charge >= 0.3 is 0 Å². The van der Waals surface area contributed by atoms with Crippen molar-refractivity contribution in [3.8, 4) is 0 Å². The molecule has 0 aliphatic heterocycles. The van der Waals surface area contributed by atoms with E-state index in [1.807, 2.05) is 18.5 Å². The van der Waals surface area contributed by atoms with Crippen LogP contribution >= 0.6 is 11.3 Å². The fourth-order valence-electron chi connectivity index (χ4n) is 3.12. The van der Waals surface area contributed by atoms with E-state index in [4.69, 9.17) is 0 Å². The Morgan fingerprint density at radius 3 is 2.92 bits per heavy atom. The Kier molecular flexibility index (Phi) is 4.58. The number of hydrogen-bond acceptors (Lipinski definition) is 4. The van der Waals surface area contributed by atoms with Crippen molar-refractivity contribution in [2.75, 3.05) is 0 Å². The second kappa shape index (κ2) is 6.51. The monoisotopic (exact) mass is 344 g/mol. The highest BCUT2D eigenvalue weighted by molar-refractivity contribution is 7.09. The third-order valence-corrected chi connectivity index (χ3v) is 4.97. The lowest BCUT2D eigenvalue weighted by molar-refractivity contribution is -0.117. The Morgan fingerprint density at radius 1 is 1.46 bits per heavy atom. The van der Waals surface area contributed by atoms with Crippen molar-refractivity contribution < 1.29 is 4.79 Å². The first-order valence-electron chi connectivity index (χ1n) is 8.32. The number of rotatable bonds is 3. The van der Waals surface area contributed by atoms with Gasteiger partial charge in [-0.1, -0.05) is 0 Å². The summed E-state index contributed by atoms with van der Waals surface area (Å²) < 4.78 is 2.09. The number of nitrogens with zero attached hydrogens (tertiary/aromatic N) is 3. The second-order valence-electron chi connectivity index (χ2n) is 7.21. The van der Waals surface area contributed by atoms with Gasteiger partial charge in [0.05, 0.1) is 28.5 Å². The number of thiazole rings is 1. The topological polar surface area (TPSA) is 59.8 Å². The number of hydrogen-bond donors (Lipinski definition) is 1. The molecule has 0 aromatic carbocycles. The summed E-state index contributed by atoms with van der Waals surface area (Å²) in [5.74, 6) is -0.0815. The predicted molar refractivity (Wildman–Crippen MR) is 96.9 cm³/mol. The van der Waals surface area contributed by atoms with Gasteiger partial charge in [0.25, 0.3) is 0 Å². The second-order valence-corrected chi connectivity index (χ2v) is 8.27. The summed E-state index contributed by atoms with van der Waals surface area (Å²) in [6, 6.07) is 0.0409. The van der Waals surface area contributed by atoms with Crippen LogP contribution in [0.15, 0.2) is 17.7 Å². The molecule has 0 saturated heterocycles. The van der Waals surface area contributed by atoms with E-state index < -0.39 is 0 Å². The van der Waals surface area contributed by atoms with Crippen LogP contribution in [-0.4, -0.2) is 20.7 Å². The van der Waals surface area contributed by atoms with Gasteiger partial charge in [0.15, 0.2) is 0 Å². The van der Waals surface area contributed by atoms with Crippen molar-refractivity contribution in [2.24, 2.45) is 0 Å². The van der Waals surface area contributed by atoms with Crippen molar-refractivity contribution in [3.05, 3.63) is 39.6 Å². The first-order valence-corrected chi connectivity index (χ1v) is 9.20. The van der Waals surface area contributed by atoms with E-state index in [2.05, 4.69) is 40.9 Å². The van der Waals surface area contributed by atoms with Crippen molar-refractivity contribution in [2.45, 2.75) is 58.5 Å². The molecule has 5 nitrogen and oxygen atoms in total. The van der Waals surface area contributed by atoms with Gasteiger partial charge in [-0.3, -0.25) is 9.48 Å². The van der Waals surface area contributed by atoms with Crippen molar-refractivity contribution in [1.29, 1.82) is 0 Å². The summed E-state index contributed by atoms with van der Waals surface area (Å²) in [6.45, 7) is 8.42. The van der Waals surface area contributed by atoms with Gasteiger partial charge in [-0.15, -0.1) is 11.3 Å². The molecule has 3 rings (SSSR count). The van der Waals surface area contributed by atoms with Crippen molar-refractivity contribution in [1.82, 2.24) is 20.1 Å². The van der Waals surface area contributed by atoms with E-state index in [0.717, 1.165) is 35.5 Å². The average molecular weight is 344 g/mol. The first-order chi connectivity index (χ1) is 11.3. The first kappa shape index (κ1) is 16.9. The zero-order valence-corrected chi connectivity index (χ0v) is 15.5. The van der Waals surface area contributed by atoms with Crippen molar-refractivity contribution in [3.63, 3.8) is 0 Å². The largest absolute Gasteiger partial charge is 0.346 e. The molecule has 1 atom stereocenters. The minimum Gasteiger partial charge on any atom is -0.346 e. The van der Waals surface area contributed by atoms with Gasteiger partial charge in [0.2, 0.25) is 5.91 Å². The molecule has 0 fully saturated rings. The standard InChI is InChI=1S/C18H24N4OS/c1-12-20-13(11-24-12)8-9-17(23)21-15-6-5-7-16-14(15)10-19-22(16)18(2,3)4/h8-11,15H,5-7H2,1-4H3,(H,21,23)/b9-8+. The number of nitrogens with one attached hydrogen (secondary N) is 1. The molecule has 2 aromatic rings. The van der Waals surface area contributed by atoms with Crippen molar-refractivity contribution >= 4 is 23.3 Å². The van der Waals surface area contributed by atoms with Gasteiger partial charge < -0.3 is 5.32 Å². The van der Waals surface area contributed by atoms with Crippen LogP contribution in [0.4, 0.5) is 0 Å². The third kappa shape index (κ3) is 3.59. The molecule has 1 unspecified atom stereocenters. The van der Waals surface area contributed by atoms with E-state index in [0.29, 0.717) is 0 Å². The molecule has 24 heavy (non-hydrogen) atoms. The van der Waals surface area contributed by atoms with Gasteiger partial charge in [0, 0.05) is 22.7 Å². The highest BCUT2D eigenvalue weighted by atomic mass is 32.1. The zero-order valence-electron chi connectivity index (χ0n) is 14.7. The Hall–Kier alpha value is -1.95. The SMILES string of the molecule is Cc1nc(/C=C/C(=O)NC2CCCc3c2cnn3C(C)(C)C)cs1. The Balaban J connectivity index is 1.72. The molecular weight excluding hydrogens is 320 g/mol. The maximum Gasteiger partial charge on any atom is 0.244 e. The molecular formula is C18H24N4OS. The van der Waals surface area contributed by atoms with Crippen LogP contribution in [0.25, 0.3) is 6.08 Å². The molecule has 1 aliphatic rings. The Morgan fingerprint density at radius 2 is 2.25 bits per heavy atom. The Labute approximate surface area is 146 Å². The lowest BCUT2D eigenvalue weighted by Gasteiger charge is -2.28.